The molecule has 0 N–H and O–H groups in total. The lowest BCUT2D eigenvalue weighted by molar-refractivity contribution is -0.141. The van der Waals surface area contributed by atoms with Gasteiger partial charge in [0.1, 0.15) is 24.7 Å². The number of imidazole rings is 1. The summed E-state index contributed by atoms with van der Waals surface area (Å²) in [7, 11) is 1.38. The molecular formula is C19H20N2O3. The second-order valence-corrected chi connectivity index (χ2v) is 5.47. The number of hydrogen-bond acceptors (Lipinski definition) is 4. The zero-order chi connectivity index (χ0) is 16.9. The van der Waals surface area contributed by atoms with E-state index in [1.54, 1.807) is 0 Å². The first-order chi connectivity index (χ1) is 11.7. The molecule has 0 aliphatic rings. The van der Waals surface area contributed by atoms with Crippen LogP contribution in [0.5, 0.6) is 5.75 Å². The van der Waals surface area contributed by atoms with Gasteiger partial charge in [0, 0.05) is 0 Å². The minimum absolute atomic E-state index is 0.116. The Hall–Kier alpha value is -2.82. The van der Waals surface area contributed by atoms with Gasteiger partial charge in [-0.15, -0.1) is 0 Å². The highest BCUT2D eigenvalue weighted by Crippen LogP contribution is 2.19. The number of carbonyl (C=O) groups is 1. The van der Waals surface area contributed by atoms with Gasteiger partial charge in [0.05, 0.1) is 18.1 Å². The lowest BCUT2D eigenvalue weighted by Gasteiger charge is -2.10. The number of benzene rings is 2. The molecule has 3 aromatic rings. The Kier molecular flexibility index (Phi) is 4.79. The summed E-state index contributed by atoms with van der Waals surface area (Å²) in [5.74, 6) is 1.16. The molecule has 2 aromatic carbocycles. The van der Waals surface area contributed by atoms with Gasteiger partial charge in [-0.05, 0) is 36.2 Å². The van der Waals surface area contributed by atoms with Crippen molar-refractivity contribution in [2.45, 2.75) is 26.5 Å². The third-order valence-corrected chi connectivity index (χ3v) is 3.95. The molecular weight excluding hydrogens is 304 g/mol. The van der Waals surface area contributed by atoms with Crippen molar-refractivity contribution in [3.63, 3.8) is 0 Å². The molecule has 0 aliphatic heterocycles. The molecule has 124 valence electrons. The molecule has 0 atom stereocenters. The van der Waals surface area contributed by atoms with Crippen LogP contribution in [0.25, 0.3) is 11.0 Å². The fraction of sp³-hybridized carbons (Fsp3) is 0.263. The van der Waals surface area contributed by atoms with E-state index < -0.39 is 0 Å². The van der Waals surface area contributed by atoms with Gasteiger partial charge in [0.25, 0.3) is 0 Å². The molecule has 0 unspecified atom stereocenters. The average molecular weight is 324 g/mol. The van der Waals surface area contributed by atoms with E-state index in [1.165, 1.54) is 12.7 Å². The predicted octanol–water partition coefficient (Wildman–Crippen LogP) is 3.35. The maximum absolute atomic E-state index is 11.7. The number of rotatable bonds is 6. The molecule has 0 saturated carbocycles. The molecule has 0 fully saturated rings. The van der Waals surface area contributed by atoms with Gasteiger partial charge in [0.15, 0.2) is 0 Å². The largest absolute Gasteiger partial charge is 0.486 e. The predicted molar refractivity (Wildman–Crippen MR) is 91.9 cm³/mol. The van der Waals surface area contributed by atoms with Crippen molar-refractivity contribution >= 4 is 17.0 Å². The van der Waals surface area contributed by atoms with Crippen molar-refractivity contribution in [1.29, 1.82) is 0 Å². The van der Waals surface area contributed by atoms with Crippen LogP contribution in [0.3, 0.4) is 0 Å². The maximum Gasteiger partial charge on any atom is 0.325 e. The van der Waals surface area contributed by atoms with Crippen LogP contribution in [0.2, 0.25) is 0 Å². The Morgan fingerprint density at radius 3 is 2.58 bits per heavy atom. The topological polar surface area (TPSA) is 53.4 Å². The van der Waals surface area contributed by atoms with Gasteiger partial charge in [-0.2, -0.15) is 0 Å². The maximum atomic E-state index is 11.7. The second-order valence-electron chi connectivity index (χ2n) is 5.47. The first kappa shape index (κ1) is 16.1. The Morgan fingerprint density at radius 1 is 1.12 bits per heavy atom. The normalized spacial score (nSPS) is 10.8. The SMILES string of the molecule is CCc1ccc(OCc2nc3ccccc3n2CC(=O)OC)cc1. The van der Waals surface area contributed by atoms with Crippen molar-refractivity contribution in [2.75, 3.05) is 7.11 Å². The Bertz CT molecular complexity index is 837. The Morgan fingerprint density at radius 2 is 1.88 bits per heavy atom. The first-order valence-corrected chi connectivity index (χ1v) is 7.94. The molecule has 0 aliphatic carbocycles. The van der Waals surface area contributed by atoms with E-state index in [4.69, 9.17) is 9.47 Å². The summed E-state index contributed by atoms with van der Waals surface area (Å²) < 4.78 is 12.5. The summed E-state index contributed by atoms with van der Waals surface area (Å²) in [5.41, 5.74) is 2.99. The van der Waals surface area contributed by atoms with Crippen LogP contribution in [-0.4, -0.2) is 22.6 Å². The molecule has 24 heavy (non-hydrogen) atoms. The van der Waals surface area contributed by atoms with Crippen molar-refractivity contribution < 1.29 is 14.3 Å². The lowest BCUT2D eigenvalue weighted by atomic mass is 10.2. The monoisotopic (exact) mass is 324 g/mol. The minimum Gasteiger partial charge on any atom is -0.486 e. The van der Waals surface area contributed by atoms with Crippen LogP contribution in [0.15, 0.2) is 48.5 Å². The van der Waals surface area contributed by atoms with Gasteiger partial charge in [0.2, 0.25) is 0 Å². The molecule has 5 heteroatoms. The van der Waals surface area contributed by atoms with Crippen LogP contribution >= 0.6 is 0 Å². The Labute approximate surface area is 140 Å². The molecule has 5 nitrogen and oxygen atoms in total. The summed E-state index contributed by atoms with van der Waals surface area (Å²) >= 11 is 0. The van der Waals surface area contributed by atoms with E-state index in [1.807, 2.05) is 53.1 Å². The molecule has 3 rings (SSSR count). The van der Waals surface area contributed by atoms with Crippen LogP contribution in [0.4, 0.5) is 0 Å². The summed E-state index contributed by atoms with van der Waals surface area (Å²) in [6.07, 6.45) is 0.995. The zero-order valence-electron chi connectivity index (χ0n) is 13.9. The van der Waals surface area contributed by atoms with Gasteiger partial charge < -0.3 is 14.0 Å². The number of ether oxygens (including phenoxy) is 2. The van der Waals surface area contributed by atoms with E-state index in [9.17, 15) is 4.79 Å². The van der Waals surface area contributed by atoms with Gasteiger partial charge >= 0.3 is 5.97 Å². The van der Waals surface area contributed by atoms with E-state index in [0.717, 1.165) is 23.2 Å². The number of para-hydroxylation sites is 2. The quantitative estimate of drug-likeness (QED) is 0.653. The lowest BCUT2D eigenvalue weighted by Crippen LogP contribution is -2.15. The fourth-order valence-electron chi connectivity index (χ4n) is 2.57. The number of hydrogen-bond donors (Lipinski definition) is 0. The average Bonchev–Trinajstić information content (AvgIpc) is 2.98. The number of carbonyl (C=O) groups excluding carboxylic acids is 1. The van der Waals surface area contributed by atoms with E-state index in [2.05, 4.69) is 11.9 Å². The number of fused-ring (bicyclic) bond motifs is 1. The van der Waals surface area contributed by atoms with Crippen molar-refractivity contribution in [3.05, 3.63) is 59.9 Å². The number of esters is 1. The minimum atomic E-state index is -0.313. The third kappa shape index (κ3) is 3.40. The van der Waals surface area contributed by atoms with Crippen molar-refractivity contribution in [3.8, 4) is 5.75 Å². The zero-order valence-corrected chi connectivity index (χ0v) is 13.9. The molecule has 1 heterocycles. The molecule has 0 spiro atoms. The fourth-order valence-corrected chi connectivity index (χ4v) is 2.57. The highest BCUT2D eigenvalue weighted by Gasteiger charge is 2.14. The summed E-state index contributed by atoms with van der Waals surface area (Å²) in [6.45, 7) is 2.52. The number of aryl methyl sites for hydroxylation is 1. The first-order valence-electron chi connectivity index (χ1n) is 7.94. The third-order valence-electron chi connectivity index (χ3n) is 3.95. The molecule has 0 bridgehead atoms. The summed E-state index contributed by atoms with van der Waals surface area (Å²) in [6, 6.07) is 15.7. The van der Waals surface area contributed by atoms with E-state index in [0.29, 0.717) is 5.82 Å². The number of aromatic nitrogens is 2. The highest BCUT2D eigenvalue weighted by atomic mass is 16.5. The van der Waals surface area contributed by atoms with Crippen LogP contribution < -0.4 is 4.74 Å². The number of nitrogens with zero attached hydrogens (tertiary/aromatic N) is 2. The Balaban J connectivity index is 1.84. The summed E-state index contributed by atoms with van der Waals surface area (Å²) in [4.78, 5) is 16.3. The standard InChI is InChI=1S/C19H20N2O3/c1-3-14-8-10-15(11-9-14)24-13-18-20-16-6-4-5-7-17(16)21(18)12-19(22)23-2/h4-11H,3,12-13H2,1-2H3. The molecule has 0 saturated heterocycles. The van der Waals surface area contributed by atoms with Gasteiger partial charge in [-0.1, -0.05) is 31.2 Å². The van der Waals surface area contributed by atoms with Crippen LogP contribution in [-0.2, 0) is 29.1 Å². The van der Waals surface area contributed by atoms with Crippen LogP contribution in [0, 0.1) is 0 Å². The smallest absolute Gasteiger partial charge is 0.325 e. The highest BCUT2D eigenvalue weighted by molar-refractivity contribution is 5.78. The summed E-state index contributed by atoms with van der Waals surface area (Å²) in [5, 5.41) is 0. The van der Waals surface area contributed by atoms with Gasteiger partial charge in [-0.25, -0.2) is 4.98 Å². The second kappa shape index (κ2) is 7.17. The molecule has 0 amide bonds. The van der Waals surface area contributed by atoms with Crippen molar-refractivity contribution in [1.82, 2.24) is 9.55 Å². The molecule has 1 aromatic heterocycles. The van der Waals surface area contributed by atoms with Gasteiger partial charge in [-0.3, -0.25) is 4.79 Å². The van der Waals surface area contributed by atoms with Crippen molar-refractivity contribution in [2.24, 2.45) is 0 Å². The van der Waals surface area contributed by atoms with E-state index in [-0.39, 0.29) is 19.1 Å². The van der Waals surface area contributed by atoms with E-state index >= 15 is 0 Å². The number of methoxy groups -OCH3 is 1. The molecule has 0 radical (unpaired) electrons. The van der Waals surface area contributed by atoms with Crippen LogP contribution in [0.1, 0.15) is 18.3 Å².